The van der Waals surface area contributed by atoms with Crippen molar-refractivity contribution in [3.63, 3.8) is 0 Å². The summed E-state index contributed by atoms with van der Waals surface area (Å²) in [4.78, 5) is 11.0. The Hall–Kier alpha value is -1.11. The Balaban J connectivity index is 2.91. The smallest absolute Gasteiger partial charge is 0.320 e. The van der Waals surface area contributed by atoms with E-state index >= 15 is 0 Å². The Bertz CT molecular complexity index is 453. The summed E-state index contributed by atoms with van der Waals surface area (Å²) in [6, 6.07) is 5.48. The molecule has 0 fully saturated rings. The average molecular weight is 237 g/mol. The van der Waals surface area contributed by atoms with Gasteiger partial charge >= 0.3 is 16.4 Å². The van der Waals surface area contributed by atoms with E-state index in [9.17, 15) is 13.2 Å². The molecule has 1 aromatic carbocycles. The molecular weight excluding hydrogens is 232 g/mol. The van der Waals surface area contributed by atoms with E-state index in [2.05, 4.69) is 4.18 Å². The van der Waals surface area contributed by atoms with Crippen LogP contribution in [0.1, 0.15) is 10.4 Å². The zero-order valence-electron chi connectivity index (χ0n) is 6.68. The summed E-state index contributed by atoms with van der Waals surface area (Å²) in [5.74, 6) is -1.19. The van der Waals surface area contributed by atoms with Gasteiger partial charge in [0, 0.05) is 5.02 Å². The van der Waals surface area contributed by atoms with Crippen molar-refractivity contribution in [1.82, 2.24) is 0 Å². The lowest BCUT2D eigenvalue weighted by Gasteiger charge is -1.99. The SMILES string of the molecule is O=C(OS(=O)(=O)O)c1cccc(Cl)c1. The number of hydrogen-bond donors (Lipinski definition) is 1. The maximum Gasteiger partial charge on any atom is 0.449 e. The van der Waals surface area contributed by atoms with Crippen LogP contribution in [0.4, 0.5) is 0 Å². The predicted octanol–water partition coefficient (Wildman–Crippen LogP) is 1.30. The van der Waals surface area contributed by atoms with Crippen molar-refractivity contribution in [2.75, 3.05) is 0 Å². The molecule has 1 N–H and O–H groups in total. The first-order chi connectivity index (χ1) is 6.38. The van der Waals surface area contributed by atoms with Crippen molar-refractivity contribution in [3.8, 4) is 0 Å². The standard InChI is InChI=1S/C7H5ClO5S/c8-6-3-1-2-5(4-6)7(9)13-14(10,11)12/h1-4H,(H,10,11,12). The van der Waals surface area contributed by atoms with Gasteiger partial charge in [-0.3, -0.25) is 4.55 Å². The van der Waals surface area contributed by atoms with Gasteiger partial charge in [-0.1, -0.05) is 17.7 Å². The molecule has 0 atom stereocenters. The second kappa shape index (κ2) is 3.95. The van der Waals surface area contributed by atoms with Gasteiger partial charge in [-0.25, -0.2) is 4.79 Å². The Morgan fingerprint density at radius 1 is 1.43 bits per heavy atom. The first kappa shape index (κ1) is 11.0. The molecule has 0 aliphatic heterocycles. The molecule has 0 aromatic heterocycles. The summed E-state index contributed by atoms with van der Waals surface area (Å²) in [5.41, 5.74) is -0.0601. The molecular formula is C7H5ClO5S. The first-order valence-corrected chi connectivity index (χ1v) is 5.09. The van der Waals surface area contributed by atoms with E-state index in [1.165, 1.54) is 24.3 Å². The maximum atomic E-state index is 11.0. The molecule has 0 heterocycles. The van der Waals surface area contributed by atoms with Crippen molar-refractivity contribution in [3.05, 3.63) is 34.9 Å². The highest BCUT2D eigenvalue weighted by atomic mass is 35.5. The van der Waals surface area contributed by atoms with Crippen LogP contribution < -0.4 is 0 Å². The molecule has 1 rings (SSSR count). The monoisotopic (exact) mass is 236 g/mol. The number of halogens is 1. The van der Waals surface area contributed by atoms with Gasteiger partial charge in [0.2, 0.25) is 0 Å². The third-order valence-corrected chi connectivity index (χ3v) is 1.84. The lowest BCUT2D eigenvalue weighted by atomic mass is 10.2. The van der Waals surface area contributed by atoms with Gasteiger partial charge in [0.05, 0.1) is 5.56 Å². The van der Waals surface area contributed by atoms with E-state index in [1.807, 2.05) is 0 Å². The number of carbonyl (C=O) groups excluding carboxylic acids is 1. The summed E-state index contributed by atoms with van der Waals surface area (Å²) in [6.07, 6.45) is 0. The number of benzene rings is 1. The molecule has 1 aromatic rings. The minimum Gasteiger partial charge on any atom is -0.320 e. The van der Waals surface area contributed by atoms with E-state index in [0.29, 0.717) is 0 Å². The Kier molecular flexibility index (Phi) is 3.10. The maximum absolute atomic E-state index is 11.0. The second-order valence-electron chi connectivity index (χ2n) is 2.31. The fourth-order valence-electron chi connectivity index (χ4n) is 0.759. The topological polar surface area (TPSA) is 80.7 Å². The van der Waals surface area contributed by atoms with E-state index < -0.39 is 16.4 Å². The fourth-order valence-corrected chi connectivity index (χ4v) is 1.24. The van der Waals surface area contributed by atoms with Crippen molar-refractivity contribution in [2.24, 2.45) is 0 Å². The van der Waals surface area contributed by atoms with Gasteiger partial charge in [-0.2, -0.15) is 8.42 Å². The van der Waals surface area contributed by atoms with Gasteiger partial charge < -0.3 is 4.18 Å². The molecule has 0 amide bonds. The van der Waals surface area contributed by atoms with Gasteiger partial charge in [0.1, 0.15) is 0 Å². The Morgan fingerprint density at radius 2 is 2.07 bits per heavy atom. The summed E-state index contributed by atoms with van der Waals surface area (Å²) < 4.78 is 32.3. The molecule has 0 spiro atoms. The van der Waals surface area contributed by atoms with Gasteiger partial charge in [-0.15, -0.1) is 0 Å². The van der Waals surface area contributed by atoms with Gasteiger partial charge in [0.25, 0.3) is 0 Å². The molecule has 0 radical (unpaired) electrons. The predicted molar refractivity (Wildman–Crippen MR) is 48.4 cm³/mol. The van der Waals surface area contributed by atoms with Crippen LogP contribution in [0, 0.1) is 0 Å². The van der Waals surface area contributed by atoms with Crippen molar-refractivity contribution in [1.29, 1.82) is 0 Å². The lowest BCUT2D eigenvalue weighted by Crippen LogP contribution is -2.11. The number of carbonyl (C=O) groups is 1. The molecule has 0 saturated heterocycles. The minimum atomic E-state index is -4.78. The Morgan fingerprint density at radius 3 is 2.57 bits per heavy atom. The first-order valence-electron chi connectivity index (χ1n) is 3.35. The molecule has 7 heteroatoms. The van der Waals surface area contributed by atoms with Crippen LogP contribution in [0.25, 0.3) is 0 Å². The van der Waals surface area contributed by atoms with Crippen molar-refractivity contribution in [2.45, 2.75) is 0 Å². The van der Waals surface area contributed by atoms with Crippen molar-refractivity contribution >= 4 is 28.0 Å². The lowest BCUT2D eigenvalue weighted by molar-refractivity contribution is 0.0727. The molecule has 0 aliphatic carbocycles. The zero-order chi connectivity index (χ0) is 10.8. The highest BCUT2D eigenvalue weighted by Gasteiger charge is 2.15. The molecule has 5 nitrogen and oxygen atoms in total. The normalized spacial score (nSPS) is 11.0. The molecule has 0 aliphatic rings. The highest BCUT2D eigenvalue weighted by molar-refractivity contribution is 7.81. The highest BCUT2D eigenvalue weighted by Crippen LogP contribution is 2.12. The zero-order valence-corrected chi connectivity index (χ0v) is 8.25. The van der Waals surface area contributed by atoms with Crippen molar-refractivity contribution < 1.29 is 21.9 Å². The average Bonchev–Trinajstić information content (AvgIpc) is 2.01. The second-order valence-corrected chi connectivity index (χ2v) is 3.77. The quantitative estimate of drug-likeness (QED) is 0.783. The van der Waals surface area contributed by atoms with Crippen LogP contribution in [0.2, 0.25) is 5.02 Å². The molecule has 0 unspecified atom stereocenters. The Labute approximate surface area is 85.2 Å². The van der Waals surface area contributed by atoms with E-state index in [1.54, 1.807) is 0 Å². The van der Waals surface area contributed by atoms with E-state index in [0.717, 1.165) is 0 Å². The van der Waals surface area contributed by atoms with Crippen LogP contribution in [-0.4, -0.2) is 18.9 Å². The molecule has 76 valence electrons. The fraction of sp³-hybridized carbons (Fsp3) is 0. The number of rotatable bonds is 2. The van der Waals surface area contributed by atoms with Crippen LogP contribution in [0.3, 0.4) is 0 Å². The van der Waals surface area contributed by atoms with E-state index in [4.69, 9.17) is 16.2 Å². The van der Waals surface area contributed by atoms with Gasteiger partial charge in [-0.05, 0) is 18.2 Å². The summed E-state index contributed by atoms with van der Waals surface area (Å²) in [5, 5.41) is 0.259. The molecule has 0 saturated carbocycles. The third-order valence-electron chi connectivity index (χ3n) is 1.24. The summed E-state index contributed by atoms with van der Waals surface area (Å²) in [7, 11) is -4.78. The minimum absolute atomic E-state index is 0.0601. The largest absolute Gasteiger partial charge is 0.449 e. The van der Waals surface area contributed by atoms with Crippen LogP contribution in [-0.2, 0) is 14.6 Å². The molecule has 14 heavy (non-hydrogen) atoms. The van der Waals surface area contributed by atoms with E-state index in [-0.39, 0.29) is 10.6 Å². The summed E-state index contributed by atoms with van der Waals surface area (Å²) >= 11 is 5.54. The van der Waals surface area contributed by atoms with Crippen LogP contribution >= 0.6 is 11.6 Å². The van der Waals surface area contributed by atoms with Gasteiger partial charge in [0.15, 0.2) is 0 Å². The summed E-state index contributed by atoms with van der Waals surface area (Å²) in [6.45, 7) is 0. The third kappa shape index (κ3) is 3.33. The van der Waals surface area contributed by atoms with Crippen LogP contribution in [0.15, 0.2) is 24.3 Å². The van der Waals surface area contributed by atoms with Crippen LogP contribution in [0.5, 0.6) is 0 Å². The number of hydrogen-bond acceptors (Lipinski definition) is 4. The molecule has 0 bridgehead atoms.